The summed E-state index contributed by atoms with van der Waals surface area (Å²) in [5.74, 6) is 0. The summed E-state index contributed by atoms with van der Waals surface area (Å²) in [6.45, 7) is 4.35. The summed E-state index contributed by atoms with van der Waals surface area (Å²) in [7, 11) is 4.28. The van der Waals surface area contributed by atoms with Gasteiger partial charge in [0.1, 0.15) is 0 Å². The Hall–Kier alpha value is -0.120. The summed E-state index contributed by atoms with van der Waals surface area (Å²) in [4.78, 5) is 2.25. The van der Waals surface area contributed by atoms with Gasteiger partial charge in [-0.3, -0.25) is 0 Å². The summed E-state index contributed by atoms with van der Waals surface area (Å²) in [6, 6.07) is 1.24. The molecule has 3 heteroatoms. The molecular weight excluding hydrogens is 212 g/mol. The number of hydrogen-bond donors (Lipinski definition) is 1. The first-order valence-electron chi connectivity index (χ1n) is 7.14. The summed E-state index contributed by atoms with van der Waals surface area (Å²) < 4.78 is 6.07. The first-order valence-corrected chi connectivity index (χ1v) is 7.14. The molecule has 1 saturated heterocycles. The topological polar surface area (TPSA) is 24.5 Å². The fraction of sp³-hybridized carbons (Fsp3) is 1.00. The fourth-order valence-corrected chi connectivity index (χ4v) is 3.54. The molecule has 2 aliphatic rings. The Balaban J connectivity index is 1.81. The Bertz CT molecular complexity index is 236. The van der Waals surface area contributed by atoms with Gasteiger partial charge >= 0.3 is 0 Å². The first-order chi connectivity index (χ1) is 8.10. The molecule has 2 unspecified atom stereocenters. The van der Waals surface area contributed by atoms with Crippen LogP contribution in [0.4, 0.5) is 0 Å². The molecule has 0 aromatic carbocycles. The number of hydrogen-bond acceptors (Lipinski definition) is 3. The molecular formula is C14H28N2O. The standard InChI is InChI=1S/C14H28N2O/c1-12(11-16(2)3)15-13-6-9-17-14(10-13)7-4-5-8-14/h12-13,15H,4-11H2,1-3H3. The molecule has 1 spiro atoms. The summed E-state index contributed by atoms with van der Waals surface area (Å²) in [5.41, 5.74) is 0.244. The van der Waals surface area contributed by atoms with Gasteiger partial charge in [0, 0.05) is 25.2 Å². The van der Waals surface area contributed by atoms with Crippen LogP contribution in [-0.4, -0.2) is 49.8 Å². The lowest BCUT2D eigenvalue weighted by Gasteiger charge is -2.40. The molecule has 100 valence electrons. The van der Waals surface area contributed by atoms with Crippen LogP contribution in [0.2, 0.25) is 0 Å². The molecule has 2 rings (SSSR count). The molecule has 1 aliphatic carbocycles. The van der Waals surface area contributed by atoms with E-state index in [1.165, 1.54) is 38.5 Å². The Morgan fingerprint density at radius 2 is 2.06 bits per heavy atom. The Labute approximate surface area is 106 Å². The normalized spacial score (nSPS) is 30.0. The van der Waals surface area contributed by atoms with E-state index in [0.29, 0.717) is 12.1 Å². The summed E-state index contributed by atoms with van der Waals surface area (Å²) in [5, 5.41) is 3.78. The van der Waals surface area contributed by atoms with Crippen LogP contribution in [0.1, 0.15) is 45.4 Å². The molecule has 0 aromatic rings. The van der Waals surface area contributed by atoms with Gasteiger partial charge in [0.15, 0.2) is 0 Å². The maximum Gasteiger partial charge on any atom is 0.0697 e. The molecule has 1 aliphatic heterocycles. The molecule has 1 N–H and O–H groups in total. The largest absolute Gasteiger partial charge is 0.375 e. The minimum Gasteiger partial charge on any atom is -0.375 e. The van der Waals surface area contributed by atoms with Gasteiger partial charge in [0.05, 0.1) is 5.60 Å². The van der Waals surface area contributed by atoms with Crippen LogP contribution in [0, 0.1) is 0 Å². The Morgan fingerprint density at radius 1 is 1.35 bits per heavy atom. The van der Waals surface area contributed by atoms with Crippen molar-refractivity contribution in [1.82, 2.24) is 10.2 Å². The van der Waals surface area contributed by atoms with Crippen LogP contribution in [0.25, 0.3) is 0 Å². The van der Waals surface area contributed by atoms with Gasteiger partial charge in [0.25, 0.3) is 0 Å². The average Bonchev–Trinajstić information content (AvgIpc) is 2.64. The van der Waals surface area contributed by atoms with Crippen LogP contribution in [0.3, 0.4) is 0 Å². The summed E-state index contributed by atoms with van der Waals surface area (Å²) >= 11 is 0. The zero-order chi connectivity index (χ0) is 12.3. The molecule has 2 fully saturated rings. The van der Waals surface area contributed by atoms with E-state index in [-0.39, 0.29) is 5.60 Å². The lowest BCUT2D eigenvalue weighted by molar-refractivity contribution is -0.0847. The minimum absolute atomic E-state index is 0.244. The van der Waals surface area contributed by atoms with Crippen molar-refractivity contribution < 1.29 is 4.74 Å². The van der Waals surface area contributed by atoms with Crippen LogP contribution < -0.4 is 5.32 Å². The van der Waals surface area contributed by atoms with Crippen molar-refractivity contribution >= 4 is 0 Å². The van der Waals surface area contributed by atoms with E-state index in [1.807, 2.05) is 0 Å². The van der Waals surface area contributed by atoms with Gasteiger partial charge in [-0.25, -0.2) is 0 Å². The third-order valence-corrected chi connectivity index (χ3v) is 4.17. The van der Waals surface area contributed by atoms with Gasteiger partial charge in [-0.1, -0.05) is 12.8 Å². The van der Waals surface area contributed by atoms with Gasteiger partial charge in [-0.2, -0.15) is 0 Å². The second-order valence-electron chi connectivity index (χ2n) is 6.26. The van der Waals surface area contributed by atoms with Crippen molar-refractivity contribution in [2.45, 2.75) is 63.1 Å². The Morgan fingerprint density at radius 3 is 2.71 bits per heavy atom. The third-order valence-electron chi connectivity index (χ3n) is 4.17. The van der Waals surface area contributed by atoms with Gasteiger partial charge in [-0.05, 0) is 46.7 Å². The van der Waals surface area contributed by atoms with Gasteiger partial charge < -0.3 is 15.0 Å². The molecule has 1 heterocycles. The average molecular weight is 240 g/mol. The van der Waals surface area contributed by atoms with Crippen molar-refractivity contribution in [3.05, 3.63) is 0 Å². The van der Waals surface area contributed by atoms with Crippen molar-refractivity contribution in [2.75, 3.05) is 27.2 Å². The van der Waals surface area contributed by atoms with Crippen LogP contribution in [-0.2, 0) is 4.74 Å². The highest BCUT2D eigenvalue weighted by atomic mass is 16.5. The SMILES string of the molecule is CC(CN(C)C)NC1CCOC2(CCCC2)C1. The molecule has 2 atom stereocenters. The monoisotopic (exact) mass is 240 g/mol. The lowest BCUT2D eigenvalue weighted by atomic mass is 9.88. The highest BCUT2D eigenvalue weighted by Crippen LogP contribution is 2.39. The molecule has 17 heavy (non-hydrogen) atoms. The van der Waals surface area contributed by atoms with E-state index >= 15 is 0 Å². The predicted octanol–water partition coefficient (Wildman–Crippen LogP) is 2.02. The maximum absolute atomic E-state index is 6.07. The zero-order valence-electron chi connectivity index (χ0n) is 11.7. The second kappa shape index (κ2) is 5.68. The smallest absolute Gasteiger partial charge is 0.0697 e. The second-order valence-corrected chi connectivity index (χ2v) is 6.26. The van der Waals surface area contributed by atoms with E-state index in [0.717, 1.165) is 13.2 Å². The van der Waals surface area contributed by atoms with Crippen molar-refractivity contribution in [3.8, 4) is 0 Å². The Kier molecular flexibility index (Phi) is 4.45. The van der Waals surface area contributed by atoms with E-state index in [4.69, 9.17) is 4.74 Å². The fourth-order valence-electron chi connectivity index (χ4n) is 3.54. The summed E-state index contributed by atoms with van der Waals surface area (Å²) in [6.07, 6.45) is 7.70. The van der Waals surface area contributed by atoms with Crippen molar-refractivity contribution in [2.24, 2.45) is 0 Å². The quantitative estimate of drug-likeness (QED) is 0.813. The first kappa shape index (κ1) is 13.3. The molecule has 3 nitrogen and oxygen atoms in total. The van der Waals surface area contributed by atoms with Gasteiger partial charge in [0.2, 0.25) is 0 Å². The highest BCUT2D eigenvalue weighted by Gasteiger charge is 2.39. The molecule has 1 saturated carbocycles. The zero-order valence-corrected chi connectivity index (χ0v) is 11.7. The van der Waals surface area contributed by atoms with E-state index in [2.05, 4.69) is 31.2 Å². The predicted molar refractivity (Wildman–Crippen MR) is 71.3 cm³/mol. The van der Waals surface area contributed by atoms with Crippen molar-refractivity contribution in [1.29, 1.82) is 0 Å². The van der Waals surface area contributed by atoms with E-state index in [1.54, 1.807) is 0 Å². The minimum atomic E-state index is 0.244. The lowest BCUT2D eigenvalue weighted by Crippen LogP contribution is -2.49. The maximum atomic E-state index is 6.07. The molecule has 0 amide bonds. The number of nitrogens with zero attached hydrogens (tertiary/aromatic N) is 1. The number of rotatable bonds is 4. The van der Waals surface area contributed by atoms with E-state index < -0.39 is 0 Å². The molecule has 0 aromatic heterocycles. The third kappa shape index (κ3) is 3.67. The van der Waals surface area contributed by atoms with E-state index in [9.17, 15) is 0 Å². The molecule has 0 radical (unpaired) electrons. The number of ether oxygens (including phenoxy) is 1. The van der Waals surface area contributed by atoms with Crippen LogP contribution in [0.15, 0.2) is 0 Å². The van der Waals surface area contributed by atoms with Crippen LogP contribution in [0.5, 0.6) is 0 Å². The van der Waals surface area contributed by atoms with Crippen LogP contribution >= 0.6 is 0 Å². The number of likely N-dealkylation sites (N-methyl/N-ethyl adjacent to an activating group) is 1. The number of nitrogens with one attached hydrogen (secondary N) is 1. The van der Waals surface area contributed by atoms with Gasteiger partial charge in [-0.15, -0.1) is 0 Å². The molecule has 0 bridgehead atoms. The highest BCUT2D eigenvalue weighted by molar-refractivity contribution is 4.94. The van der Waals surface area contributed by atoms with Crippen molar-refractivity contribution in [3.63, 3.8) is 0 Å².